The number of hydrogen-bond donors (Lipinski definition) is 1. The monoisotopic (exact) mass is 195 g/mol. The van der Waals surface area contributed by atoms with Gasteiger partial charge in [0.15, 0.2) is 0 Å². The molecule has 1 saturated carbocycles. The van der Waals surface area contributed by atoms with Gasteiger partial charge in [0.05, 0.1) is 0 Å². The SMILES string of the molecule is CCC(C)/C=C(/CN)C1CCCCC1. The van der Waals surface area contributed by atoms with Gasteiger partial charge in [0, 0.05) is 6.54 Å². The maximum absolute atomic E-state index is 5.84. The lowest BCUT2D eigenvalue weighted by molar-refractivity contribution is 0.397. The average Bonchev–Trinajstić information content (AvgIpc) is 2.26. The van der Waals surface area contributed by atoms with Crippen LogP contribution in [0.2, 0.25) is 0 Å². The Morgan fingerprint density at radius 2 is 2.00 bits per heavy atom. The molecule has 1 heteroatoms. The molecule has 0 bridgehead atoms. The lowest BCUT2D eigenvalue weighted by atomic mass is 9.82. The van der Waals surface area contributed by atoms with Crippen molar-refractivity contribution in [1.82, 2.24) is 0 Å². The van der Waals surface area contributed by atoms with Gasteiger partial charge in [0.25, 0.3) is 0 Å². The fraction of sp³-hybridized carbons (Fsp3) is 0.846. The molecule has 0 aromatic carbocycles. The quantitative estimate of drug-likeness (QED) is 0.683. The highest BCUT2D eigenvalue weighted by Crippen LogP contribution is 2.30. The molecule has 1 unspecified atom stereocenters. The minimum atomic E-state index is 0.704. The van der Waals surface area contributed by atoms with Crippen molar-refractivity contribution in [2.24, 2.45) is 17.6 Å². The van der Waals surface area contributed by atoms with Crippen LogP contribution in [0.3, 0.4) is 0 Å². The molecule has 1 nitrogen and oxygen atoms in total. The van der Waals surface area contributed by atoms with Gasteiger partial charge in [-0.05, 0) is 24.7 Å². The first-order valence-electron chi connectivity index (χ1n) is 6.18. The van der Waals surface area contributed by atoms with Crippen molar-refractivity contribution in [3.63, 3.8) is 0 Å². The zero-order chi connectivity index (χ0) is 10.4. The molecule has 1 atom stereocenters. The second kappa shape index (κ2) is 6.23. The van der Waals surface area contributed by atoms with Crippen molar-refractivity contribution in [1.29, 1.82) is 0 Å². The second-order valence-electron chi connectivity index (χ2n) is 4.67. The first-order chi connectivity index (χ1) is 6.77. The summed E-state index contributed by atoms with van der Waals surface area (Å²) in [7, 11) is 0. The van der Waals surface area contributed by atoms with Crippen molar-refractivity contribution in [3.8, 4) is 0 Å². The molecule has 0 aromatic heterocycles. The summed E-state index contributed by atoms with van der Waals surface area (Å²) in [4.78, 5) is 0. The summed E-state index contributed by atoms with van der Waals surface area (Å²) in [6.07, 6.45) is 10.6. The van der Waals surface area contributed by atoms with Crippen LogP contribution >= 0.6 is 0 Å². The van der Waals surface area contributed by atoms with E-state index in [0.717, 1.165) is 12.5 Å². The Bertz CT molecular complexity index is 178. The van der Waals surface area contributed by atoms with E-state index in [0.29, 0.717) is 5.92 Å². The van der Waals surface area contributed by atoms with E-state index >= 15 is 0 Å². The van der Waals surface area contributed by atoms with Gasteiger partial charge in [-0.2, -0.15) is 0 Å². The van der Waals surface area contributed by atoms with Crippen LogP contribution in [0.1, 0.15) is 52.4 Å². The standard InChI is InChI=1S/C13H25N/c1-3-11(2)9-13(10-14)12-7-5-4-6-8-12/h9,11-12H,3-8,10,14H2,1-2H3/b13-9-. The van der Waals surface area contributed by atoms with E-state index in [-0.39, 0.29) is 0 Å². The van der Waals surface area contributed by atoms with Gasteiger partial charge in [0.2, 0.25) is 0 Å². The minimum Gasteiger partial charge on any atom is -0.327 e. The van der Waals surface area contributed by atoms with Gasteiger partial charge < -0.3 is 5.73 Å². The lowest BCUT2D eigenvalue weighted by Gasteiger charge is -2.24. The first kappa shape index (κ1) is 11.8. The lowest BCUT2D eigenvalue weighted by Crippen LogP contribution is -2.17. The molecule has 2 N–H and O–H groups in total. The summed E-state index contributed by atoms with van der Waals surface area (Å²) in [5.41, 5.74) is 7.37. The normalized spacial score (nSPS) is 22.4. The Hall–Kier alpha value is -0.300. The molecule has 0 spiro atoms. The summed E-state index contributed by atoms with van der Waals surface area (Å²) < 4.78 is 0. The van der Waals surface area contributed by atoms with E-state index in [2.05, 4.69) is 19.9 Å². The molecule has 0 heterocycles. The summed E-state index contributed by atoms with van der Waals surface area (Å²) in [5, 5.41) is 0. The minimum absolute atomic E-state index is 0.704. The van der Waals surface area contributed by atoms with E-state index in [1.165, 1.54) is 44.1 Å². The zero-order valence-electron chi connectivity index (χ0n) is 9.76. The molecule has 1 rings (SSSR count). The van der Waals surface area contributed by atoms with Crippen molar-refractivity contribution < 1.29 is 0 Å². The molecular weight excluding hydrogens is 170 g/mol. The van der Waals surface area contributed by atoms with E-state index in [1.54, 1.807) is 0 Å². The largest absolute Gasteiger partial charge is 0.327 e. The van der Waals surface area contributed by atoms with E-state index in [9.17, 15) is 0 Å². The van der Waals surface area contributed by atoms with Gasteiger partial charge in [-0.1, -0.05) is 51.2 Å². The van der Waals surface area contributed by atoms with Crippen molar-refractivity contribution >= 4 is 0 Å². The van der Waals surface area contributed by atoms with Crippen LogP contribution in [0.25, 0.3) is 0 Å². The highest BCUT2D eigenvalue weighted by molar-refractivity contribution is 5.10. The predicted molar refractivity (Wildman–Crippen MR) is 63.2 cm³/mol. The van der Waals surface area contributed by atoms with Gasteiger partial charge in [-0.25, -0.2) is 0 Å². The number of hydrogen-bond acceptors (Lipinski definition) is 1. The summed E-state index contributed by atoms with van der Waals surface area (Å²) in [5.74, 6) is 1.51. The third kappa shape index (κ3) is 3.45. The molecule has 0 amide bonds. The number of allylic oxidation sites excluding steroid dienone is 1. The van der Waals surface area contributed by atoms with E-state index in [1.807, 2.05) is 0 Å². The molecule has 14 heavy (non-hydrogen) atoms. The van der Waals surface area contributed by atoms with Gasteiger partial charge in [-0.3, -0.25) is 0 Å². The summed E-state index contributed by atoms with van der Waals surface area (Å²) in [6.45, 7) is 5.31. The van der Waals surface area contributed by atoms with Crippen LogP contribution in [0.5, 0.6) is 0 Å². The maximum atomic E-state index is 5.84. The number of nitrogens with two attached hydrogens (primary N) is 1. The first-order valence-corrected chi connectivity index (χ1v) is 6.18. The third-order valence-electron chi connectivity index (χ3n) is 3.51. The third-order valence-corrected chi connectivity index (χ3v) is 3.51. The van der Waals surface area contributed by atoms with Crippen molar-refractivity contribution in [2.45, 2.75) is 52.4 Å². The highest BCUT2D eigenvalue weighted by atomic mass is 14.5. The molecule has 0 aromatic rings. The highest BCUT2D eigenvalue weighted by Gasteiger charge is 2.16. The molecule has 1 aliphatic rings. The average molecular weight is 195 g/mol. The molecule has 82 valence electrons. The second-order valence-corrected chi connectivity index (χ2v) is 4.67. The maximum Gasteiger partial charge on any atom is 0.0139 e. The van der Waals surface area contributed by atoms with Gasteiger partial charge >= 0.3 is 0 Å². The van der Waals surface area contributed by atoms with Crippen LogP contribution in [0, 0.1) is 11.8 Å². The molecule has 1 aliphatic carbocycles. The number of rotatable bonds is 4. The van der Waals surface area contributed by atoms with Crippen molar-refractivity contribution in [2.75, 3.05) is 6.54 Å². The topological polar surface area (TPSA) is 26.0 Å². The Balaban J connectivity index is 2.54. The van der Waals surface area contributed by atoms with Gasteiger partial charge in [0.1, 0.15) is 0 Å². The molecular formula is C13H25N. The van der Waals surface area contributed by atoms with Crippen LogP contribution in [-0.4, -0.2) is 6.54 Å². The zero-order valence-corrected chi connectivity index (χ0v) is 9.76. The van der Waals surface area contributed by atoms with E-state index in [4.69, 9.17) is 5.73 Å². The van der Waals surface area contributed by atoms with Crippen LogP contribution in [0.4, 0.5) is 0 Å². The Kier molecular flexibility index (Phi) is 5.24. The molecule has 0 saturated heterocycles. The Labute approximate surface area is 88.8 Å². The van der Waals surface area contributed by atoms with Crippen LogP contribution in [-0.2, 0) is 0 Å². The fourth-order valence-corrected chi connectivity index (χ4v) is 2.33. The van der Waals surface area contributed by atoms with Crippen molar-refractivity contribution in [3.05, 3.63) is 11.6 Å². The van der Waals surface area contributed by atoms with Gasteiger partial charge in [-0.15, -0.1) is 0 Å². The molecule has 1 fully saturated rings. The smallest absolute Gasteiger partial charge is 0.0139 e. The molecule has 0 aliphatic heterocycles. The summed E-state index contributed by atoms with van der Waals surface area (Å²) >= 11 is 0. The fourth-order valence-electron chi connectivity index (χ4n) is 2.33. The van der Waals surface area contributed by atoms with Crippen LogP contribution < -0.4 is 5.73 Å². The summed E-state index contributed by atoms with van der Waals surface area (Å²) in [6, 6.07) is 0. The van der Waals surface area contributed by atoms with Crippen LogP contribution in [0.15, 0.2) is 11.6 Å². The molecule has 0 radical (unpaired) electrons. The Morgan fingerprint density at radius 1 is 1.36 bits per heavy atom. The predicted octanol–water partition coefficient (Wildman–Crippen LogP) is 3.50. The van der Waals surface area contributed by atoms with E-state index < -0.39 is 0 Å². The Morgan fingerprint density at radius 3 is 2.50 bits per heavy atom.